The third-order valence-corrected chi connectivity index (χ3v) is 9.51. The summed E-state index contributed by atoms with van der Waals surface area (Å²) < 4.78 is 28.8. The Morgan fingerprint density at radius 1 is 0.950 bits per heavy atom. The Kier molecular flexibility index (Phi) is 9.53. The fraction of sp³-hybridized carbons (Fsp3) is 0.355. The highest BCUT2D eigenvalue weighted by Crippen LogP contribution is 2.26. The van der Waals surface area contributed by atoms with Crippen LogP contribution in [0.1, 0.15) is 49.3 Å². The van der Waals surface area contributed by atoms with E-state index >= 15 is 0 Å². The third-order valence-electron chi connectivity index (χ3n) is 7.47. The smallest absolute Gasteiger partial charge is 0.264 e. The molecule has 1 unspecified atom stereocenters. The Bertz CT molecular complexity index is 1440. The van der Waals surface area contributed by atoms with Gasteiger partial charge < -0.3 is 10.2 Å². The maximum atomic E-state index is 14.0. The Hall–Kier alpha value is -3.36. The van der Waals surface area contributed by atoms with Crippen molar-refractivity contribution in [1.82, 2.24) is 10.2 Å². The van der Waals surface area contributed by atoms with Crippen molar-refractivity contribution < 1.29 is 18.0 Å². The van der Waals surface area contributed by atoms with Crippen molar-refractivity contribution >= 4 is 39.1 Å². The van der Waals surface area contributed by atoms with Gasteiger partial charge in [0, 0.05) is 17.6 Å². The number of rotatable bonds is 10. The van der Waals surface area contributed by atoms with Crippen LogP contribution in [0.5, 0.6) is 0 Å². The fourth-order valence-electron chi connectivity index (χ4n) is 4.92. The van der Waals surface area contributed by atoms with Crippen molar-refractivity contribution in [1.29, 1.82) is 0 Å². The van der Waals surface area contributed by atoms with Gasteiger partial charge in [-0.3, -0.25) is 13.9 Å². The van der Waals surface area contributed by atoms with Crippen LogP contribution in [0.25, 0.3) is 0 Å². The molecule has 0 radical (unpaired) electrons. The van der Waals surface area contributed by atoms with Crippen molar-refractivity contribution in [3.8, 4) is 0 Å². The van der Waals surface area contributed by atoms with Crippen LogP contribution in [-0.4, -0.2) is 43.8 Å². The van der Waals surface area contributed by atoms with Crippen LogP contribution in [0.4, 0.5) is 5.69 Å². The van der Waals surface area contributed by atoms with Gasteiger partial charge in [-0.25, -0.2) is 8.42 Å². The van der Waals surface area contributed by atoms with Crippen LogP contribution in [0.2, 0.25) is 5.02 Å². The fourth-order valence-corrected chi connectivity index (χ4v) is 6.46. The number of carbonyl (C=O) groups excluding carboxylic acids is 2. The summed E-state index contributed by atoms with van der Waals surface area (Å²) in [5.74, 6) is -0.716. The van der Waals surface area contributed by atoms with Crippen molar-refractivity contribution in [2.75, 3.05) is 10.8 Å². The molecule has 0 aliphatic heterocycles. The van der Waals surface area contributed by atoms with E-state index in [1.807, 2.05) is 38.1 Å². The quantitative estimate of drug-likeness (QED) is 0.336. The largest absolute Gasteiger partial charge is 0.352 e. The van der Waals surface area contributed by atoms with Gasteiger partial charge in [-0.15, -0.1) is 0 Å². The van der Waals surface area contributed by atoms with E-state index in [1.54, 1.807) is 31.2 Å². The number of carbonyl (C=O) groups is 2. The topological polar surface area (TPSA) is 86.8 Å². The van der Waals surface area contributed by atoms with E-state index in [0.29, 0.717) is 10.7 Å². The van der Waals surface area contributed by atoms with Crippen LogP contribution in [0, 0.1) is 13.8 Å². The van der Waals surface area contributed by atoms with Gasteiger partial charge in [0.2, 0.25) is 11.8 Å². The van der Waals surface area contributed by atoms with Crippen LogP contribution < -0.4 is 9.62 Å². The molecule has 2 amide bonds. The maximum Gasteiger partial charge on any atom is 0.264 e. The Balaban J connectivity index is 1.69. The molecule has 9 heteroatoms. The highest BCUT2D eigenvalue weighted by atomic mass is 35.5. The summed E-state index contributed by atoms with van der Waals surface area (Å²) in [6, 6.07) is 19.8. The summed E-state index contributed by atoms with van der Waals surface area (Å²) in [4.78, 5) is 28.9. The Labute approximate surface area is 242 Å². The van der Waals surface area contributed by atoms with Gasteiger partial charge in [0.05, 0.1) is 10.6 Å². The zero-order chi connectivity index (χ0) is 28.9. The number of nitrogens with zero attached hydrogens (tertiary/aromatic N) is 2. The average molecular weight is 582 g/mol. The highest BCUT2D eigenvalue weighted by molar-refractivity contribution is 7.92. The molecular formula is C31H36ClN3O4S. The summed E-state index contributed by atoms with van der Waals surface area (Å²) in [6.45, 7) is 5.26. The maximum absolute atomic E-state index is 14.0. The molecule has 40 heavy (non-hydrogen) atoms. The molecule has 0 spiro atoms. The molecule has 0 bridgehead atoms. The minimum Gasteiger partial charge on any atom is -0.352 e. The zero-order valence-electron chi connectivity index (χ0n) is 23.1. The Morgan fingerprint density at radius 3 is 2.20 bits per heavy atom. The minimum atomic E-state index is -4.13. The lowest BCUT2D eigenvalue weighted by atomic mass is 10.1. The molecule has 3 aromatic rings. The summed E-state index contributed by atoms with van der Waals surface area (Å²) >= 11 is 6.01. The second kappa shape index (κ2) is 12.9. The minimum absolute atomic E-state index is 0.0164. The van der Waals surface area contributed by atoms with Gasteiger partial charge in [0.25, 0.3) is 10.0 Å². The molecule has 1 fully saturated rings. The summed E-state index contributed by atoms with van der Waals surface area (Å²) in [5.41, 5.74) is 3.18. The second-order valence-electron chi connectivity index (χ2n) is 10.4. The highest BCUT2D eigenvalue weighted by Gasteiger charge is 2.33. The van der Waals surface area contributed by atoms with E-state index in [-0.39, 0.29) is 23.4 Å². The van der Waals surface area contributed by atoms with Gasteiger partial charge in [-0.05, 0) is 81.1 Å². The standard InChI is InChI=1S/C31H36ClN3O4S/c1-22-12-16-28(17-13-22)35(40(38,39)29-18-14-26(32)15-19-29)21-30(36)34(20-25-9-5-4-8-23(25)2)24(3)31(37)33-27-10-6-7-11-27/h4-5,8-9,12-19,24,27H,6-7,10-11,20-21H2,1-3H3,(H,33,37). The summed E-state index contributed by atoms with van der Waals surface area (Å²) in [7, 11) is -4.13. The molecule has 0 saturated heterocycles. The first-order valence-corrected chi connectivity index (χ1v) is 15.4. The van der Waals surface area contributed by atoms with Crippen LogP contribution in [0.3, 0.4) is 0 Å². The predicted molar refractivity (Wildman–Crippen MR) is 159 cm³/mol. The molecule has 1 N–H and O–H groups in total. The van der Waals surface area contributed by atoms with Crippen LogP contribution >= 0.6 is 11.6 Å². The summed E-state index contributed by atoms with van der Waals surface area (Å²) in [6.07, 6.45) is 3.98. The molecule has 1 saturated carbocycles. The van der Waals surface area contributed by atoms with E-state index in [0.717, 1.165) is 46.7 Å². The second-order valence-corrected chi connectivity index (χ2v) is 12.7. The lowest BCUT2D eigenvalue weighted by Crippen LogP contribution is -2.52. The molecule has 212 valence electrons. The molecule has 1 aliphatic carbocycles. The molecule has 0 aromatic heterocycles. The SMILES string of the molecule is Cc1ccc(N(CC(=O)N(Cc2ccccc2C)C(C)C(=O)NC2CCCC2)S(=O)(=O)c2ccc(Cl)cc2)cc1. The molecule has 4 rings (SSSR count). The van der Waals surface area contributed by atoms with E-state index in [1.165, 1.54) is 29.2 Å². The normalized spacial score (nSPS) is 14.5. The molecule has 3 aromatic carbocycles. The predicted octanol–water partition coefficient (Wildman–Crippen LogP) is 5.63. The molecule has 1 atom stereocenters. The first-order valence-electron chi connectivity index (χ1n) is 13.6. The number of aryl methyl sites for hydroxylation is 2. The van der Waals surface area contributed by atoms with Gasteiger partial charge >= 0.3 is 0 Å². The zero-order valence-corrected chi connectivity index (χ0v) is 24.7. The van der Waals surface area contributed by atoms with E-state index < -0.39 is 28.5 Å². The number of benzene rings is 3. The van der Waals surface area contributed by atoms with E-state index in [2.05, 4.69) is 5.32 Å². The summed E-state index contributed by atoms with van der Waals surface area (Å²) in [5, 5.41) is 3.50. The average Bonchev–Trinajstić information content (AvgIpc) is 3.44. The first kappa shape index (κ1) is 29.6. The van der Waals surface area contributed by atoms with Gasteiger partial charge in [-0.2, -0.15) is 0 Å². The number of hydrogen-bond acceptors (Lipinski definition) is 4. The third kappa shape index (κ3) is 7.04. The van der Waals surface area contributed by atoms with Crippen molar-refractivity contribution in [3.05, 3.63) is 94.5 Å². The number of anilines is 1. The van der Waals surface area contributed by atoms with Crippen LogP contribution in [-0.2, 0) is 26.2 Å². The molecule has 1 aliphatic rings. The Morgan fingerprint density at radius 2 is 1.57 bits per heavy atom. The van der Waals surface area contributed by atoms with Crippen LogP contribution in [0.15, 0.2) is 77.7 Å². The number of sulfonamides is 1. The van der Waals surface area contributed by atoms with E-state index in [4.69, 9.17) is 11.6 Å². The molecule has 0 heterocycles. The molecular weight excluding hydrogens is 546 g/mol. The lowest BCUT2D eigenvalue weighted by Gasteiger charge is -2.33. The van der Waals surface area contributed by atoms with Gasteiger partial charge in [0.15, 0.2) is 0 Å². The lowest BCUT2D eigenvalue weighted by molar-refractivity contribution is -0.139. The van der Waals surface area contributed by atoms with Gasteiger partial charge in [0.1, 0.15) is 12.6 Å². The van der Waals surface area contributed by atoms with Crippen molar-refractivity contribution in [2.45, 2.75) is 70.0 Å². The number of halogens is 1. The monoisotopic (exact) mass is 581 g/mol. The molecule has 7 nitrogen and oxygen atoms in total. The van der Waals surface area contributed by atoms with Gasteiger partial charge in [-0.1, -0.05) is 66.4 Å². The number of nitrogens with one attached hydrogen (secondary N) is 1. The first-order chi connectivity index (χ1) is 19.1. The van der Waals surface area contributed by atoms with Crippen molar-refractivity contribution in [2.24, 2.45) is 0 Å². The van der Waals surface area contributed by atoms with Crippen molar-refractivity contribution in [3.63, 3.8) is 0 Å². The number of hydrogen-bond donors (Lipinski definition) is 1. The van der Waals surface area contributed by atoms with E-state index in [9.17, 15) is 18.0 Å². The number of amides is 2.